The van der Waals surface area contributed by atoms with Crippen molar-refractivity contribution in [2.45, 2.75) is 31.8 Å². The first-order chi connectivity index (χ1) is 16.2. The zero-order chi connectivity index (χ0) is 22.9. The maximum absolute atomic E-state index is 10.7. The average Bonchev–Trinajstić information content (AvgIpc) is 3.29. The molecule has 0 aliphatic carbocycles. The molecule has 0 saturated carbocycles. The van der Waals surface area contributed by atoms with Gasteiger partial charge < -0.3 is 14.7 Å². The second-order valence-electron chi connectivity index (χ2n) is 8.31. The highest BCUT2D eigenvalue weighted by molar-refractivity contribution is 6.30. The van der Waals surface area contributed by atoms with Gasteiger partial charge in [-0.1, -0.05) is 89.6 Å². The highest BCUT2D eigenvalue weighted by atomic mass is 35.5. The van der Waals surface area contributed by atoms with Gasteiger partial charge in [0.25, 0.3) is 0 Å². The fourth-order valence-corrected chi connectivity index (χ4v) is 4.16. The van der Waals surface area contributed by atoms with Crippen LogP contribution in [-0.4, -0.2) is 47.6 Å². The number of benzene rings is 3. The van der Waals surface area contributed by atoms with Gasteiger partial charge >= 0.3 is 0 Å². The number of oxime groups is 1. The molecule has 0 saturated heterocycles. The van der Waals surface area contributed by atoms with Crippen molar-refractivity contribution in [3.8, 4) is 0 Å². The van der Waals surface area contributed by atoms with Crippen molar-refractivity contribution in [1.29, 1.82) is 0 Å². The van der Waals surface area contributed by atoms with E-state index in [9.17, 15) is 5.11 Å². The van der Waals surface area contributed by atoms with Crippen molar-refractivity contribution < 1.29 is 14.7 Å². The Kier molecular flexibility index (Phi) is 8.50. The summed E-state index contributed by atoms with van der Waals surface area (Å²) in [6.45, 7) is 2.49. The quantitative estimate of drug-likeness (QED) is 0.438. The van der Waals surface area contributed by atoms with Crippen LogP contribution in [0.3, 0.4) is 0 Å². The van der Waals surface area contributed by atoms with E-state index >= 15 is 0 Å². The molecule has 0 bridgehead atoms. The van der Waals surface area contributed by atoms with Crippen LogP contribution in [0.1, 0.15) is 23.1 Å². The summed E-state index contributed by atoms with van der Waals surface area (Å²) in [5.74, 6) is 0. The molecule has 5 nitrogen and oxygen atoms in total. The fraction of sp³-hybridized carbons (Fsp3) is 0.296. The Morgan fingerprint density at radius 2 is 1.73 bits per heavy atom. The van der Waals surface area contributed by atoms with E-state index in [2.05, 4.69) is 10.1 Å². The molecule has 2 unspecified atom stereocenters. The molecule has 1 heterocycles. The molecular weight excluding hydrogens is 436 g/mol. The predicted octanol–water partition coefficient (Wildman–Crippen LogP) is 4.91. The normalized spacial score (nSPS) is 16.5. The van der Waals surface area contributed by atoms with Crippen LogP contribution in [0.15, 0.2) is 90.1 Å². The molecule has 1 N–H and O–H groups in total. The van der Waals surface area contributed by atoms with Crippen LogP contribution < -0.4 is 0 Å². The Morgan fingerprint density at radius 1 is 1.00 bits per heavy atom. The third kappa shape index (κ3) is 7.41. The number of halogens is 1. The smallest absolute Gasteiger partial charge is 0.145 e. The summed E-state index contributed by atoms with van der Waals surface area (Å²) in [5, 5.41) is 15.7. The molecule has 1 aliphatic heterocycles. The van der Waals surface area contributed by atoms with E-state index in [-0.39, 0.29) is 12.7 Å². The van der Waals surface area contributed by atoms with Crippen LogP contribution in [0.5, 0.6) is 0 Å². The first kappa shape index (κ1) is 23.5. The highest BCUT2D eigenvalue weighted by Crippen LogP contribution is 2.19. The summed E-state index contributed by atoms with van der Waals surface area (Å²) in [7, 11) is 0. The minimum atomic E-state index is -0.621. The van der Waals surface area contributed by atoms with Gasteiger partial charge in [-0.3, -0.25) is 4.90 Å². The van der Waals surface area contributed by atoms with Crippen molar-refractivity contribution in [2.75, 3.05) is 19.7 Å². The zero-order valence-corrected chi connectivity index (χ0v) is 19.3. The monoisotopic (exact) mass is 464 g/mol. The first-order valence-electron chi connectivity index (χ1n) is 11.2. The summed E-state index contributed by atoms with van der Waals surface area (Å²) in [6.07, 6.45) is 0.0389. The largest absolute Gasteiger partial charge is 0.390 e. The number of nitrogens with zero attached hydrogens (tertiary/aromatic N) is 2. The Balaban J connectivity index is 1.34. The van der Waals surface area contributed by atoms with Gasteiger partial charge in [-0.25, -0.2) is 0 Å². The van der Waals surface area contributed by atoms with Crippen molar-refractivity contribution in [3.05, 3.63) is 107 Å². The Labute approximate surface area is 200 Å². The lowest BCUT2D eigenvalue weighted by molar-refractivity contribution is -0.00648. The van der Waals surface area contributed by atoms with Crippen LogP contribution >= 0.6 is 11.6 Å². The molecule has 0 amide bonds. The van der Waals surface area contributed by atoms with Crippen molar-refractivity contribution >= 4 is 17.3 Å². The number of hydrogen-bond donors (Lipinski definition) is 1. The highest BCUT2D eigenvalue weighted by Gasteiger charge is 2.25. The molecule has 6 heteroatoms. The van der Waals surface area contributed by atoms with Gasteiger partial charge in [0, 0.05) is 31.1 Å². The SMILES string of the molecule is OC(COCc1ccccc1)CN(Cc1cccc(Cl)c1)CC1CC(c2ccccc2)=NO1. The average molecular weight is 465 g/mol. The van der Waals surface area contributed by atoms with Crippen molar-refractivity contribution in [2.24, 2.45) is 5.16 Å². The van der Waals surface area contributed by atoms with Gasteiger partial charge in [-0.05, 0) is 28.8 Å². The van der Waals surface area contributed by atoms with Gasteiger partial charge in [0.15, 0.2) is 0 Å². The number of aliphatic hydroxyl groups excluding tert-OH is 1. The molecule has 3 aromatic carbocycles. The van der Waals surface area contributed by atoms with Crippen LogP contribution in [0.25, 0.3) is 0 Å². The van der Waals surface area contributed by atoms with Crippen molar-refractivity contribution in [3.63, 3.8) is 0 Å². The summed E-state index contributed by atoms with van der Waals surface area (Å²) >= 11 is 6.19. The third-order valence-corrected chi connectivity index (χ3v) is 5.72. The summed E-state index contributed by atoms with van der Waals surface area (Å²) in [4.78, 5) is 7.92. The third-order valence-electron chi connectivity index (χ3n) is 5.49. The van der Waals surface area contributed by atoms with Gasteiger partial charge in [-0.15, -0.1) is 0 Å². The molecule has 1 aliphatic rings. The Morgan fingerprint density at radius 3 is 2.48 bits per heavy atom. The molecule has 0 aromatic heterocycles. The molecular formula is C27H29ClN2O3. The lowest BCUT2D eigenvalue weighted by atomic mass is 10.0. The van der Waals surface area contributed by atoms with Crippen LogP contribution in [-0.2, 0) is 22.7 Å². The standard InChI is InChI=1S/C27H29ClN2O3/c28-24-13-7-10-22(14-24)16-30(17-25(31)20-32-19-21-8-3-1-4-9-21)18-26-15-27(29-33-26)23-11-5-2-6-12-23/h1-14,25-26,31H,15-20H2. The van der Waals surface area contributed by atoms with Crippen LogP contribution in [0.2, 0.25) is 5.02 Å². The number of rotatable bonds is 11. The number of hydrogen-bond acceptors (Lipinski definition) is 5. The number of aliphatic hydroxyl groups is 1. The summed E-state index contributed by atoms with van der Waals surface area (Å²) in [5.41, 5.74) is 4.21. The minimum absolute atomic E-state index is 0.0724. The maximum atomic E-state index is 10.7. The summed E-state index contributed by atoms with van der Waals surface area (Å²) in [6, 6.07) is 27.8. The van der Waals surface area contributed by atoms with Crippen molar-refractivity contribution in [1.82, 2.24) is 4.90 Å². The van der Waals surface area contributed by atoms with E-state index in [4.69, 9.17) is 21.2 Å². The van der Waals surface area contributed by atoms with Gasteiger partial charge in [0.2, 0.25) is 0 Å². The molecule has 0 spiro atoms. The lowest BCUT2D eigenvalue weighted by Crippen LogP contribution is -2.39. The Bertz CT molecular complexity index is 1030. The molecule has 0 fully saturated rings. The maximum Gasteiger partial charge on any atom is 0.145 e. The second-order valence-corrected chi connectivity index (χ2v) is 8.75. The Hall–Kier alpha value is -2.70. The van der Waals surface area contributed by atoms with Gasteiger partial charge in [0.05, 0.1) is 25.0 Å². The van der Waals surface area contributed by atoms with Gasteiger partial charge in [0.1, 0.15) is 6.10 Å². The van der Waals surface area contributed by atoms with E-state index in [1.807, 2.05) is 84.9 Å². The van der Waals surface area contributed by atoms with Gasteiger partial charge in [-0.2, -0.15) is 0 Å². The molecule has 33 heavy (non-hydrogen) atoms. The van der Waals surface area contributed by atoms with E-state index in [1.165, 1.54) is 0 Å². The second kappa shape index (κ2) is 12.0. The first-order valence-corrected chi connectivity index (χ1v) is 11.6. The predicted molar refractivity (Wildman–Crippen MR) is 131 cm³/mol. The van der Waals surface area contributed by atoms with Crippen LogP contribution in [0, 0.1) is 0 Å². The lowest BCUT2D eigenvalue weighted by Gasteiger charge is -2.27. The number of ether oxygens (including phenoxy) is 1. The van der Waals surface area contributed by atoms with Crippen LogP contribution in [0.4, 0.5) is 0 Å². The molecule has 2 atom stereocenters. The summed E-state index contributed by atoms with van der Waals surface area (Å²) < 4.78 is 5.74. The molecule has 172 valence electrons. The van der Waals surface area contributed by atoms with E-state index in [0.717, 1.165) is 28.8 Å². The molecule has 3 aromatic rings. The molecule has 4 rings (SSSR count). The van der Waals surface area contributed by atoms with E-state index < -0.39 is 6.10 Å². The minimum Gasteiger partial charge on any atom is -0.390 e. The van der Waals surface area contributed by atoms with E-state index in [0.29, 0.717) is 31.3 Å². The fourth-order valence-electron chi connectivity index (χ4n) is 3.95. The molecule has 0 radical (unpaired) electrons. The van der Waals surface area contributed by atoms with E-state index in [1.54, 1.807) is 0 Å². The zero-order valence-electron chi connectivity index (χ0n) is 18.5. The topological polar surface area (TPSA) is 54.3 Å².